The third kappa shape index (κ3) is 5.61. The molecule has 0 unspecified atom stereocenters. The fraction of sp³-hybridized carbons (Fsp3) is 0.435. The Balaban J connectivity index is 1.56. The number of benzene rings is 2. The molecule has 0 saturated carbocycles. The van der Waals surface area contributed by atoms with Crippen molar-refractivity contribution in [2.45, 2.75) is 32.1 Å². The molecular formula is C23H31N3O3S. The standard InChI is InChI=1S/C23H31N3O3S/c1-4-25-12-14-26(15-13-25)22-10-7-20(17-19(22)3)24-23(27)11-16-30(28,29)21-8-5-18(2)6-9-21/h5-10,17H,4,11-16H2,1-3H3,(H,24,27). The summed E-state index contributed by atoms with van der Waals surface area (Å²) in [6, 6.07) is 12.6. The Morgan fingerprint density at radius 1 is 1.00 bits per heavy atom. The molecule has 1 aliphatic heterocycles. The summed E-state index contributed by atoms with van der Waals surface area (Å²) in [4.78, 5) is 17.4. The van der Waals surface area contributed by atoms with Crippen molar-refractivity contribution < 1.29 is 13.2 Å². The van der Waals surface area contributed by atoms with Crippen LogP contribution < -0.4 is 10.2 Å². The molecule has 2 aromatic rings. The van der Waals surface area contributed by atoms with Gasteiger partial charge in [0.15, 0.2) is 9.84 Å². The predicted molar refractivity (Wildman–Crippen MR) is 122 cm³/mol. The topological polar surface area (TPSA) is 69.7 Å². The van der Waals surface area contributed by atoms with Crippen LogP contribution >= 0.6 is 0 Å². The van der Waals surface area contributed by atoms with Crippen molar-refractivity contribution in [3.05, 3.63) is 53.6 Å². The highest BCUT2D eigenvalue weighted by Gasteiger charge is 2.19. The molecule has 1 aliphatic rings. The fourth-order valence-corrected chi connectivity index (χ4v) is 4.95. The molecule has 1 saturated heterocycles. The predicted octanol–water partition coefficient (Wildman–Crippen LogP) is 3.25. The Labute approximate surface area is 179 Å². The number of carbonyl (C=O) groups is 1. The number of carbonyl (C=O) groups excluding carboxylic acids is 1. The van der Waals surface area contributed by atoms with Crippen LogP contribution in [0.3, 0.4) is 0 Å². The number of aryl methyl sites for hydroxylation is 2. The van der Waals surface area contributed by atoms with Crippen molar-refractivity contribution in [3.63, 3.8) is 0 Å². The largest absolute Gasteiger partial charge is 0.369 e. The Morgan fingerprint density at radius 3 is 2.27 bits per heavy atom. The number of hydrogen-bond acceptors (Lipinski definition) is 5. The van der Waals surface area contributed by atoms with E-state index in [1.54, 1.807) is 24.3 Å². The number of sulfone groups is 1. The zero-order chi connectivity index (χ0) is 21.7. The Hall–Kier alpha value is -2.38. The number of hydrogen-bond donors (Lipinski definition) is 1. The van der Waals surface area contributed by atoms with E-state index >= 15 is 0 Å². The van der Waals surface area contributed by atoms with E-state index in [9.17, 15) is 13.2 Å². The highest BCUT2D eigenvalue weighted by Crippen LogP contribution is 2.25. The maximum absolute atomic E-state index is 12.4. The molecule has 7 heteroatoms. The number of rotatable bonds is 7. The first-order valence-corrected chi connectivity index (χ1v) is 12.1. The van der Waals surface area contributed by atoms with Gasteiger partial charge in [-0.15, -0.1) is 0 Å². The average Bonchev–Trinajstić information content (AvgIpc) is 2.73. The van der Waals surface area contributed by atoms with Crippen molar-refractivity contribution in [1.29, 1.82) is 0 Å². The van der Waals surface area contributed by atoms with Crippen LogP contribution in [-0.2, 0) is 14.6 Å². The lowest BCUT2D eigenvalue weighted by molar-refractivity contribution is -0.115. The van der Waals surface area contributed by atoms with Gasteiger partial charge < -0.3 is 15.1 Å². The van der Waals surface area contributed by atoms with Crippen molar-refractivity contribution >= 4 is 27.1 Å². The Morgan fingerprint density at radius 2 is 1.67 bits per heavy atom. The first-order chi connectivity index (χ1) is 14.3. The molecule has 0 bridgehead atoms. The fourth-order valence-electron chi connectivity index (χ4n) is 3.71. The molecule has 0 radical (unpaired) electrons. The number of likely N-dealkylation sites (N-methyl/N-ethyl adjacent to an activating group) is 1. The maximum atomic E-state index is 12.4. The summed E-state index contributed by atoms with van der Waals surface area (Å²) in [6.45, 7) is 11.3. The average molecular weight is 430 g/mol. The normalized spacial score (nSPS) is 15.2. The first-order valence-electron chi connectivity index (χ1n) is 10.5. The molecule has 1 fully saturated rings. The van der Waals surface area contributed by atoms with Gasteiger partial charge in [0.05, 0.1) is 10.6 Å². The lowest BCUT2D eigenvalue weighted by Crippen LogP contribution is -2.46. The smallest absolute Gasteiger partial charge is 0.225 e. The van der Waals surface area contributed by atoms with Crippen LogP contribution in [0.1, 0.15) is 24.5 Å². The second kappa shape index (κ2) is 9.62. The van der Waals surface area contributed by atoms with Crippen molar-refractivity contribution in [2.24, 2.45) is 0 Å². The van der Waals surface area contributed by atoms with Gasteiger partial charge in [-0.05, 0) is 56.3 Å². The van der Waals surface area contributed by atoms with Crippen LogP contribution in [0.15, 0.2) is 47.4 Å². The lowest BCUT2D eigenvalue weighted by Gasteiger charge is -2.36. The zero-order valence-corrected chi connectivity index (χ0v) is 18.8. The summed E-state index contributed by atoms with van der Waals surface area (Å²) in [5.41, 5.74) is 3.98. The molecule has 1 amide bonds. The summed E-state index contributed by atoms with van der Waals surface area (Å²) in [5, 5.41) is 2.83. The van der Waals surface area contributed by atoms with Crippen molar-refractivity contribution in [2.75, 3.05) is 48.7 Å². The number of nitrogens with one attached hydrogen (secondary N) is 1. The van der Waals surface area contributed by atoms with Gasteiger partial charge in [0.25, 0.3) is 0 Å². The minimum atomic E-state index is -3.47. The molecule has 0 aromatic heterocycles. The van der Waals surface area contributed by atoms with Crippen LogP contribution in [-0.4, -0.2) is 57.7 Å². The number of amides is 1. The van der Waals surface area contributed by atoms with E-state index in [1.165, 1.54) is 5.69 Å². The molecule has 0 spiro atoms. The molecular weight excluding hydrogens is 398 g/mol. The minimum Gasteiger partial charge on any atom is -0.369 e. The third-order valence-corrected chi connectivity index (χ3v) is 7.35. The highest BCUT2D eigenvalue weighted by molar-refractivity contribution is 7.91. The van der Waals surface area contributed by atoms with E-state index in [0.717, 1.165) is 43.9 Å². The van der Waals surface area contributed by atoms with Crippen LogP contribution in [0, 0.1) is 13.8 Å². The number of anilines is 2. The molecule has 30 heavy (non-hydrogen) atoms. The molecule has 2 aromatic carbocycles. The molecule has 1 N–H and O–H groups in total. The van der Waals surface area contributed by atoms with Gasteiger partial charge in [-0.25, -0.2) is 8.42 Å². The SMILES string of the molecule is CCN1CCN(c2ccc(NC(=O)CCS(=O)(=O)c3ccc(C)cc3)cc2C)CC1. The summed E-state index contributed by atoms with van der Waals surface area (Å²) in [5.74, 6) is -0.505. The van der Waals surface area contributed by atoms with Gasteiger partial charge in [0.1, 0.15) is 0 Å². The summed E-state index contributed by atoms with van der Waals surface area (Å²) in [7, 11) is -3.47. The monoisotopic (exact) mass is 429 g/mol. The molecule has 162 valence electrons. The van der Waals surface area contributed by atoms with Crippen molar-refractivity contribution in [3.8, 4) is 0 Å². The van der Waals surface area contributed by atoms with Crippen LogP contribution in [0.5, 0.6) is 0 Å². The van der Waals surface area contributed by atoms with E-state index in [-0.39, 0.29) is 23.0 Å². The summed E-state index contributed by atoms with van der Waals surface area (Å²) in [6.07, 6.45) is -0.0734. The Bertz CT molecular complexity index is 979. The molecule has 3 rings (SSSR count). The van der Waals surface area contributed by atoms with E-state index < -0.39 is 9.84 Å². The van der Waals surface area contributed by atoms with Crippen LogP contribution in [0.25, 0.3) is 0 Å². The van der Waals surface area contributed by atoms with Gasteiger partial charge in [-0.2, -0.15) is 0 Å². The molecule has 1 heterocycles. The minimum absolute atomic E-state index is 0.0734. The maximum Gasteiger partial charge on any atom is 0.225 e. The number of nitrogens with zero attached hydrogens (tertiary/aromatic N) is 2. The van der Waals surface area contributed by atoms with Crippen LogP contribution in [0.4, 0.5) is 11.4 Å². The van der Waals surface area contributed by atoms with Gasteiger partial charge in [0, 0.05) is 44.0 Å². The van der Waals surface area contributed by atoms with Crippen molar-refractivity contribution in [1.82, 2.24) is 4.90 Å². The van der Waals surface area contributed by atoms with E-state index in [4.69, 9.17) is 0 Å². The number of piperazine rings is 1. The Kier molecular flexibility index (Phi) is 7.15. The van der Waals surface area contributed by atoms with Gasteiger partial charge in [0.2, 0.25) is 5.91 Å². The molecule has 0 atom stereocenters. The second-order valence-corrected chi connectivity index (χ2v) is 9.96. The summed E-state index contributed by atoms with van der Waals surface area (Å²) < 4.78 is 24.9. The van der Waals surface area contributed by atoms with E-state index in [1.807, 2.05) is 32.0 Å². The first kappa shape index (κ1) is 22.3. The second-order valence-electron chi connectivity index (χ2n) is 7.85. The van der Waals surface area contributed by atoms with E-state index in [2.05, 4.69) is 22.0 Å². The van der Waals surface area contributed by atoms with Gasteiger partial charge in [-0.1, -0.05) is 24.6 Å². The molecule has 0 aliphatic carbocycles. The lowest BCUT2D eigenvalue weighted by atomic mass is 10.1. The summed E-state index contributed by atoms with van der Waals surface area (Å²) >= 11 is 0. The van der Waals surface area contributed by atoms with Crippen LogP contribution in [0.2, 0.25) is 0 Å². The molecule has 6 nitrogen and oxygen atoms in total. The van der Waals surface area contributed by atoms with E-state index in [0.29, 0.717) is 5.69 Å². The highest BCUT2D eigenvalue weighted by atomic mass is 32.2. The third-order valence-electron chi connectivity index (χ3n) is 5.62. The van der Waals surface area contributed by atoms with Gasteiger partial charge in [-0.3, -0.25) is 4.79 Å². The quantitative estimate of drug-likeness (QED) is 0.732. The zero-order valence-electron chi connectivity index (χ0n) is 18.0. The van der Waals surface area contributed by atoms with Gasteiger partial charge >= 0.3 is 0 Å².